The van der Waals surface area contributed by atoms with Crippen molar-refractivity contribution < 1.29 is 9.53 Å². The Morgan fingerprint density at radius 1 is 1.50 bits per heavy atom. The second-order valence-electron chi connectivity index (χ2n) is 7.07. The van der Waals surface area contributed by atoms with Gasteiger partial charge in [0.15, 0.2) is 0 Å². The Hall–Kier alpha value is -1.07. The van der Waals surface area contributed by atoms with Gasteiger partial charge in [-0.05, 0) is 64.5 Å². The SMILES string of the molecule is Cc1ccsc1CNC1CCCN(C(=O)OC(C)(C)C)C1C. The predicted octanol–water partition coefficient (Wildman–Crippen LogP) is 3.93. The molecule has 5 heteroatoms. The summed E-state index contributed by atoms with van der Waals surface area (Å²) in [6.45, 7) is 11.7. The molecule has 2 rings (SSSR count). The molecule has 0 aliphatic carbocycles. The fraction of sp³-hybridized carbons (Fsp3) is 0.706. The molecule has 0 aromatic carbocycles. The number of nitrogens with zero attached hydrogens (tertiary/aromatic N) is 1. The van der Waals surface area contributed by atoms with Crippen LogP contribution < -0.4 is 5.32 Å². The number of amides is 1. The van der Waals surface area contributed by atoms with Crippen LogP contribution >= 0.6 is 11.3 Å². The van der Waals surface area contributed by atoms with Gasteiger partial charge in [0.05, 0.1) is 0 Å². The zero-order chi connectivity index (χ0) is 16.3. The molecule has 1 N–H and O–H groups in total. The van der Waals surface area contributed by atoms with Gasteiger partial charge in [0, 0.05) is 30.1 Å². The lowest BCUT2D eigenvalue weighted by Crippen LogP contribution is -2.55. The minimum absolute atomic E-state index is 0.156. The van der Waals surface area contributed by atoms with E-state index in [-0.39, 0.29) is 12.1 Å². The number of hydrogen-bond donors (Lipinski definition) is 1. The van der Waals surface area contributed by atoms with Crippen LogP contribution in [-0.2, 0) is 11.3 Å². The van der Waals surface area contributed by atoms with Crippen LogP contribution in [0.5, 0.6) is 0 Å². The van der Waals surface area contributed by atoms with Crippen LogP contribution in [0.1, 0.15) is 51.0 Å². The quantitative estimate of drug-likeness (QED) is 0.916. The average Bonchev–Trinajstić information content (AvgIpc) is 2.81. The highest BCUT2D eigenvalue weighted by atomic mass is 32.1. The van der Waals surface area contributed by atoms with Gasteiger partial charge in [-0.3, -0.25) is 0 Å². The van der Waals surface area contributed by atoms with E-state index in [1.807, 2.05) is 25.7 Å². The van der Waals surface area contributed by atoms with Gasteiger partial charge >= 0.3 is 6.09 Å². The van der Waals surface area contributed by atoms with E-state index in [0.717, 1.165) is 25.9 Å². The number of thiophene rings is 1. The maximum absolute atomic E-state index is 12.3. The number of piperidine rings is 1. The van der Waals surface area contributed by atoms with Gasteiger partial charge in [0.25, 0.3) is 0 Å². The molecule has 2 unspecified atom stereocenters. The van der Waals surface area contributed by atoms with Gasteiger partial charge in [0.2, 0.25) is 0 Å². The lowest BCUT2D eigenvalue weighted by Gasteiger charge is -2.40. The lowest BCUT2D eigenvalue weighted by molar-refractivity contribution is 0.00700. The molecular weight excluding hydrogens is 296 g/mol. The summed E-state index contributed by atoms with van der Waals surface area (Å²) in [5, 5.41) is 5.75. The Labute approximate surface area is 137 Å². The molecule has 1 aromatic rings. The molecule has 4 nitrogen and oxygen atoms in total. The van der Waals surface area contributed by atoms with E-state index in [1.54, 1.807) is 11.3 Å². The van der Waals surface area contributed by atoms with E-state index in [2.05, 4.69) is 30.6 Å². The maximum atomic E-state index is 12.3. The van der Waals surface area contributed by atoms with E-state index < -0.39 is 5.60 Å². The predicted molar refractivity (Wildman–Crippen MR) is 91.3 cm³/mol. The van der Waals surface area contributed by atoms with Crippen molar-refractivity contribution in [2.24, 2.45) is 0 Å². The number of nitrogens with one attached hydrogen (secondary N) is 1. The van der Waals surface area contributed by atoms with Crippen LogP contribution in [0.25, 0.3) is 0 Å². The second-order valence-corrected chi connectivity index (χ2v) is 8.07. The highest BCUT2D eigenvalue weighted by Gasteiger charge is 2.33. The Morgan fingerprint density at radius 3 is 2.82 bits per heavy atom. The van der Waals surface area contributed by atoms with Gasteiger partial charge < -0.3 is 15.0 Å². The minimum atomic E-state index is -0.439. The molecular formula is C17H28N2O2S. The van der Waals surface area contributed by atoms with Crippen molar-refractivity contribution >= 4 is 17.4 Å². The first-order valence-electron chi connectivity index (χ1n) is 8.04. The third-order valence-electron chi connectivity index (χ3n) is 4.11. The number of rotatable bonds is 3. The molecule has 0 spiro atoms. The second kappa shape index (κ2) is 7.01. The van der Waals surface area contributed by atoms with Crippen molar-refractivity contribution in [1.29, 1.82) is 0 Å². The molecule has 1 aliphatic heterocycles. The average molecular weight is 324 g/mol. The number of carbonyl (C=O) groups excluding carboxylic acids is 1. The molecule has 1 amide bonds. The summed E-state index contributed by atoms with van der Waals surface area (Å²) in [7, 11) is 0. The number of carbonyl (C=O) groups is 1. The van der Waals surface area contributed by atoms with E-state index in [1.165, 1.54) is 10.4 Å². The first-order valence-corrected chi connectivity index (χ1v) is 8.92. The van der Waals surface area contributed by atoms with Gasteiger partial charge in [-0.15, -0.1) is 11.3 Å². The Morgan fingerprint density at radius 2 is 2.23 bits per heavy atom. The Bertz CT molecular complexity index is 507. The summed E-state index contributed by atoms with van der Waals surface area (Å²) in [4.78, 5) is 15.6. The number of ether oxygens (including phenoxy) is 1. The molecule has 1 aromatic heterocycles. The van der Waals surface area contributed by atoms with Gasteiger partial charge in [0.1, 0.15) is 5.60 Å². The molecule has 2 heterocycles. The van der Waals surface area contributed by atoms with Crippen LogP contribution in [0.2, 0.25) is 0 Å². The van der Waals surface area contributed by atoms with Gasteiger partial charge in [-0.1, -0.05) is 0 Å². The van der Waals surface area contributed by atoms with Crippen LogP contribution in [-0.4, -0.2) is 35.2 Å². The monoisotopic (exact) mass is 324 g/mol. The summed E-state index contributed by atoms with van der Waals surface area (Å²) in [5.41, 5.74) is 0.899. The fourth-order valence-corrected chi connectivity index (χ4v) is 3.66. The summed E-state index contributed by atoms with van der Waals surface area (Å²) in [5.74, 6) is 0. The van der Waals surface area contributed by atoms with Crippen LogP contribution in [0.4, 0.5) is 4.79 Å². The van der Waals surface area contributed by atoms with Crippen molar-refractivity contribution in [1.82, 2.24) is 10.2 Å². The Kier molecular flexibility index (Phi) is 5.50. The topological polar surface area (TPSA) is 41.6 Å². The molecule has 0 bridgehead atoms. The van der Waals surface area contributed by atoms with Crippen molar-refractivity contribution in [2.45, 2.75) is 71.7 Å². The summed E-state index contributed by atoms with van der Waals surface area (Å²) in [6, 6.07) is 2.63. The zero-order valence-electron chi connectivity index (χ0n) is 14.3. The van der Waals surface area contributed by atoms with Gasteiger partial charge in [-0.2, -0.15) is 0 Å². The molecule has 0 radical (unpaired) electrons. The molecule has 22 heavy (non-hydrogen) atoms. The van der Waals surface area contributed by atoms with E-state index in [0.29, 0.717) is 6.04 Å². The van der Waals surface area contributed by atoms with Crippen LogP contribution in [0.3, 0.4) is 0 Å². The highest BCUT2D eigenvalue weighted by Crippen LogP contribution is 2.22. The molecule has 1 fully saturated rings. The van der Waals surface area contributed by atoms with E-state index >= 15 is 0 Å². The molecule has 1 saturated heterocycles. The number of aryl methyl sites for hydroxylation is 1. The maximum Gasteiger partial charge on any atom is 0.410 e. The lowest BCUT2D eigenvalue weighted by atomic mass is 9.98. The first kappa shape index (κ1) is 17.3. The van der Waals surface area contributed by atoms with E-state index in [4.69, 9.17) is 4.74 Å². The van der Waals surface area contributed by atoms with Crippen LogP contribution in [0, 0.1) is 6.92 Å². The van der Waals surface area contributed by atoms with Crippen molar-refractivity contribution in [3.63, 3.8) is 0 Å². The number of hydrogen-bond acceptors (Lipinski definition) is 4. The molecule has 0 saturated carbocycles. The number of likely N-dealkylation sites (tertiary alicyclic amines) is 1. The molecule has 2 atom stereocenters. The summed E-state index contributed by atoms with van der Waals surface area (Å²) in [6.07, 6.45) is 1.93. The fourth-order valence-electron chi connectivity index (χ4n) is 2.80. The normalized spacial score (nSPS) is 22.7. The largest absolute Gasteiger partial charge is 0.444 e. The Balaban J connectivity index is 1.93. The van der Waals surface area contributed by atoms with Gasteiger partial charge in [-0.25, -0.2) is 4.79 Å². The minimum Gasteiger partial charge on any atom is -0.444 e. The highest BCUT2D eigenvalue weighted by molar-refractivity contribution is 7.10. The van der Waals surface area contributed by atoms with Crippen molar-refractivity contribution in [3.8, 4) is 0 Å². The zero-order valence-corrected chi connectivity index (χ0v) is 15.1. The molecule has 1 aliphatic rings. The third-order valence-corrected chi connectivity index (χ3v) is 5.13. The molecule has 124 valence electrons. The smallest absolute Gasteiger partial charge is 0.410 e. The van der Waals surface area contributed by atoms with Crippen molar-refractivity contribution in [2.75, 3.05) is 6.54 Å². The van der Waals surface area contributed by atoms with E-state index in [9.17, 15) is 4.79 Å². The third kappa shape index (κ3) is 4.46. The first-order chi connectivity index (χ1) is 10.3. The van der Waals surface area contributed by atoms with Crippen LogP contribution in [0.15, 0.2) is 11.4 Å². The summed E-state index contributed by atoms with van der Waals surface area (Å²) < 4.78 is 5.53. The standard InChI is InChI=1S/C17H28N2O2S/c1-12-8-10-22-15(12)11-18-14-7-6-9-19(13(14)2)16(20)21-17(3,4)5/h8,10,13-14,18H,6-7,9,11H2,1-5H3. The summed E-state index contributed by atoms with van der Waals surface area (Å²) >= 11 is 1.79. The van der Waals surface area contributed by atoms with Crippen molar-refractivity contribution in [3.05, 3.63) is 21.9 Å².